The fourth-order valence-electron chi connectivity index (χ4n) is 4.35. The Bertz CT molecular complexity index is 617. The molecule has 2 aliphatic carbocycles. The van der Waals surface area contributed by atoms with Gasteiger partial charge in [0.25, 0.3) is 0 Å². The maximum absolute atomic E-state index is 12.7. The van der Waals surface area contributed by atoms with Gasteiger partial charge in [0.05, 0.1) is 0 Å². The summed E-state index contributed by atoms with van der Waals surface area (Å²) in [6, 6.07) is 7.17. The predicted molar refractivity (Wildman–Crippen MR) is 97.1 cm³/mol. The number of ketones is 1. The molecule has 0 aromatic heterocycles. The van der Waals surface area contributed by atoms with Crippen molar-refractivity contribution in [3.63, 3.8) is 0 Å². The summed E-state index contributed by atoms with van der Waals surface area (Å²) in [4.78, 5) is 35.4. The highest BCUT2D eigenvalue weighted by Crippen LogP contribution is 2.36. The normalized spacial score (nSPS) is 23.5. The van der Waals surface area contributed by atoms with Crippen molar-refractivity contribution in [1.82, 2.24) is 0 Å². The molecule has 2 aliphatic rings. The molecule has 1 aromatic rings. The number of anilines is 1. The zero-order chi connectivity index (χ0) is 17.6. The van der Waals surface area contributed by atoms with E-state index < -0.39 is 0 Å². The van der Waals surface area contributed by atoms with Gasteiger partial charge in [-0.25, -0.2) is 0 Å². The lowest BCUT2D eigenvalue weighted by Gasteiger charge is -2.16. The molecule has 0 aliphatic heterocycles. The van der Waals surface area contributed by atoms with E-state index in [9.17, 15) is 14.4 Å². The first kappa shape index (κ1) is 17.8. The van der Waals surface area contributed by atoms with Crippen LogP contribution >= 0.6 is 0 Å². The molecule has 4 heteroatoms. The van der Waals surface area contributed by atoms with E-state index in [4.69, 9.17) is 0 Å². The molecule has 2 atom stereocenters. The standard InChI is InChI=1S/C21H26NO3/c23-13-12-16-6-3-7-19(16)21(25)17-8-10-18(11-9-17)22-20(24)14-15-4-1-2-5-15/h8-11,15-16,19H,1-7,12,14H2,(H,22,24). The molecule has 4 nitrogen and oxygen atoms in total. The van der Waals surface area contributed by atoms with Gasteiger partial charge in [0.2, 0.25) is 5.91 Å². The molecule has 1 aromatic carbocycles. The first-order chi connectivity index (χ1) is 12.2. The number of carbonyl (C=O) groups excluding carboxylic acids is 3. The number of hydrogen-bond acceptors (Lipinski definition) is 3. The van der Waals surface area contributed by atoms with Crippen LogP contribution in [0.15, 0.2) is 24.3 Å². The zero-order valence-corrected chi connectivity index (χ0v) is 14.6. The molecule has 2 fully saturated rings. The van der Waals surface area contributed by atoms with Crippen LogP contribution in [0.4, 0.5) is 5.69 Å². The van der Waals surface area contributed by atoms with Crippen molar-refractivity contribution in [2.45, 2.75) is 57.8 Å². The van der Waals surface area contributed by atoms with Gasteiger partial charge in [-0.3, -0.25) is 14.4 Å². The largest absolute Gasteiger partial charge is 0.326 e. The first-order valence-corrected chi connectivity index (χ1v) is 9.46. The molecule has 133 valence electrons. The summed E-state index contributed by atoms with van der Waals surface area (Å²) < 4.78 is 0. The lowest BCUT2D eigenvalue weighted by Crippen LogP contribution is -2.19. The highest BCUT2D eigenvalue weighted by molar-refractivity contribution is 5.99. The van der Waals surface area contributed by atoms with Crippen molar-refractivity contribution in [2.75, 3.05) is 5.32 Å². The van der Waals surface area contributed by atoms with Crippen LogP contribution in [-0.2, 0) is 9.59 Å². The van der Waals surface area contributed by atoms with Gasteiger partial charge in [-0.15, -0.1) is 0 Å². The van der Waals surface area contributed by atoms with Gasteiger partial charge in [0.15, 0.2) is 12.1 Å². The summed E-state index contributed by atoms with van der Waals surface area (Å²) in [5.74, 6) is 0.764. The van der Waals surface area contributed by atoms with E-state index in [0.717, 1.165) is 37.8 Å². The van der Waals surface area contributed by atoms with Crippen LogP contribution in [0.1, 0.15) is 68.1 Å². The van der Waals surface area contributed by atoms with Gasteiger partial charge < -0.3 is 5.32 Å². The molecule has 1 radical (unpaired) electrons. The Hall–Kier alpha value is -1.97. The molecule has 1 N–H and O–H groups in total. The average molecular weight is 340 g/mol. The van der Waals surface area contributed by atoms with E-state index in [-0.39, 0.29) is 23.5 Å². The van der Waals surface area contributed by atoms with E-state index >= 15 is 0 Å². The number of Topliss-reactive ketones (excluding diaryl/α,β-unsaturated/α-hetero) is 1. The number of hydrogen-bond donors (Lipinski definition) is 1. The molecule has 1 amide bonds. The topological polar surface area (TPSA) is 63.2 Å². The fourth-order valence-corrected chi connectivity index (χ4v) is 4.35. The third kappa shape index (κ3) is 4.56. The molecule has 3 rings (SSSR count). The maximum atomic E-state index is 12.7. The van der Waals surface area contributed by atoms with Gasteiger partial charge in [-0.2, -0.15) is 0 Å². The molecule has 0 spiro atoms. The van der Waals surface area contributed by atoms with Gasteiger partial charge in [0, 0.05) is 30.0 Å². The Labute approximate surface area is 149 Å². The van der Waals surface area contributed by atoms with Crippen LogP contribution in [0.25, 0.3) is 0 Å². The van der Waals surface area contributed by atoms with Crippen molar-refractivity contribution in [2.24, 2.45) is 17.8 Å². The van der Waals surface area contributed by atoms with E-state index in [2.05, 4.69) is 5.32 Å². The van der Waals surface area contributed by atoms with Crippen LogP contribution in [-0.4, -0.2) is 18.0 Å². The molecule has 0 saturated heterocycles. The van der Waals surface area contributed by atoms with E-state index in [1.807, 2.05) is 6.29 Å². The van der Waals surface area contributed by atoms with Crippen molar-refractivity contribution in [3.8, 4) is 0 Å². The minimum atomic E-state index is -0.0655. The fraction of sp³-hybridized carbons (Fsp3) is 0.571. The van der Waals surface area contributed by atoms with Gasteiger partial charge in [-0.1, -0.05) is 19.3 Å². The van der Waals surface area contributed by atoms with Crippen molar-refractivity contribution in [1.29, 1.82) is 0 Å². The predicted octanol–water partition coefficient (Wildman–Crippen LogP) is 4.30. The zero-order valence-electron chi connectivity index (χ0n) is 14.6. The van der Waals surface area contributed by atoms with Crippen LogP contribution < -0.4 is 5.32 Å². The SMILES string of the molecule is O=[C]CC1CCCC1C(=O)c1ccc(NC(=O)CC2CCCC2)cc1. The van der Waals surface area contributed by atoms with Crippen LogP contribution in [0, 0.1) is 17.8 Å². The Morgan fingerprint density at radius 1 is 1.00 bits per heavy atom. The lowest BCUT2D eigenvalue weighted by molar-refractivity contribution is -0.117. The second-order valence-corrected chi connectivity index (χ2v) is 7.49. The number of benzene rings is 1. The first-order valence-electron chi connectivity index (χ1n) is 9.46. The van der Waals surface area contributed by atoms with Crippen LogP contribution in [0.3, 0.4) is 0 Å². The van der Waals surface area contributed by atoms with Gasteiger partial charge >= 0.3 is 0 Å². The van der Waals surface area contributed by atoms with Gasteiger partial charge in [-0.05, 0) is 61.8 Å². The summed E-state index contributed by atoms with van der Waals surface area (Å²) in [6.45, 7) is 0. The molecule has 0 bridgehead atoms. The number of carbonyl (C=O) groups is 2. The summed E-state index contributed by atoms with van der Waals surface area (Å²) in [7, 11) is 0. The smallest absolute Gasteiger partial charge is 0.224 e. The third-order valence-electron chi connectivity index (χ3n) is 5.74. The number of nitrogens with one attached hydrogen (secondary N) is 1. The second-order valence-electron chi connectivity index (χ2n) is 7.49. The van der Waals surface area contributed by atoms with Crippen molar-refractivity contribution >= 4 is 23.7 Å². The Morgan fingerprint density at radius 2 is 1.72 bits per heavy atom. The lowest BCUT2D eigenvalue weighted by atomic mass is 9.87. The molecular formula is C21H26NO3. The second kappa shape index (κ2) is 8.41. The summed E-state index contributed by atoms with van der Waals surface area (Å²) in [5.41, 5.74) is 1.40. The monoisotopic (exact) mass is 340 g/mol. The number of rotatable bonds is 7. The molecule has 25 heavy (non-hydrogen) atoms. The Morgan fingerprint density at radius 3 is 2.40 bits per heavy atom. The molecular weight excluding hydrogens is 314 g/mol. The van der Waals surface area contributed by atoms with Crippen LogP contribution in [0.2, 0.25) is 0 Å². The Kier molecular flexibility index (Phi) is 6.00. The average Bonchev–Trinajstić information content (AvgIpc) is 3.27. The minimum absolute atomic E-state index is 0.0587. The maximum Gasteiger partial charge on any atom is 0.224 e. The van der Waals surface area contributed by atoms with Crippen molar-refractivity contribution < 1.29 is 14.4 Å². The van der Waals surface area contributed by atoms with Gasteiger partial charge in [0.1, 0.15) is 0 Å². The quantitative estimate of drug-likeness (QED) is 0.753. The highest BCUT2D eigenvalue weighted by Gasteiger charge is 2.33. The molecule has 2 unspecified atom stereocenters. The summed E-state index contributed by atoms with van der Waals surface area (Å²) in [6.07, 6.45) is 10.5. The summed E-state index contributed by atoms with van der Waals surface area (Å²) in [5, 5.41) is 2.93. The highest BCUT2D eigenvalue weighted by atomic mass is 16.1. The third-order valence-corrected chi connectivity index (χ3v) is 5.74. The van der Waals surface area contributed by atoms with E-state index in [1.165, 1.54) is 12.8 Å². The number of amides is 1. The van der Waals surface area contributed by atoms with Crippen LogP contribution in [0.5, 0.6) is 0 Å². The summed E-state index contributed by atoms with van der Waals surface area (Å²) >= 11 is 0. The van der Waals surface area contributed by atoms with E-state index in [1.54, 1.807) is 24.3 Å². The Balaban J connectivity index is 1.56. The minimum Gasteiger partial charge on any atom is -0.326 e. The van der Waals surface area contributed by atoms with E-state index in [0.29, 0.717) is 24.3 Å². The molecule has 2 saturated carbocycles. The molecule has 0 heterocycles. The van der Waals surface area contributed by atoms with Crippen molar-refractivity contribution in [3.05, 3.63) is 29.8 Å².